The van der Waals surface area contributed by atoms with Gasteiger partial charge in [0.1, 0.15) is 17.3 Å². The van der Waals surface area contributed by atoms with Crippen LogP contribution in [0.1, 0.15) is 16.1 Å². The van der Waals surface area contributed by atoms with E-state index in [0.29, 0.717) is 5.69 Å². The second-order valence-electron chi connectivity index (χ2n) is 4.19. The van der Waals surface area contributed by atoms with Gasteiger partial charge in [-0.1, -0.05) is 0 Å². The molecule has 0 atom stereocenters. The van der Waals surface area contributed by atoms with Crippen molar-refractivity contribution in [1.82, 2.24) is 4.57 Å². The van der Waals surface area contributed by atoms with Crippen molar-refractivity contribution in [1.29, 1.82) is 0 Å². The molecule has 0 unspecified atom stereocenters. The van der Waals surface area contributed by atoms with Gasteiger partial charge in [-0.05, 0) is 40.5 Å². The van der Waals surface area contributed by atoms with Crippen LogP contribution in [-0.4, -0.2) is 10.5 Å². The number of benzene rings is 1. The second kappa shape index (κ2) is 5.13. The van der Waals surface area contributed by atoms with Crippen LogP contribution in [0, 0.1) is 18.6 Å². The van der Waals surface area contributed by atoms with Crippen LogP contribution in [-0.2, 0) is 7.05 Å². The molecule has 1 amide bonds. The number of amides is 1. The fourth-order valence-corrected chi connectivity index (χ4v) is 2.20. The fraction of sp³-hybridized carbons (Fsp3) is 0.154. The fourth-order valence-electron chi connectivity index (χ4n) is 1.68. The highest BCUT2D eigenvalue weighted by Gasteiger charge is 2.14. The number of hydrogen-bond acceptors (Lipinski definition) is 1. The Hall–Kier alpha value is -1.69. The summed E-state index contributed by atoms with van der Waals surface area (Å²) in [5.74, 6) is -1.74. The molecule has 2 aromatic rings. The molecule has 0 fully saturated rings. The molecule has 1 N–H and O–H groups in total. The lowest BCUT2D eigenvalue weighted by Crippen LogP contribution is -2.16. The molecular formula is C13H11BrF2N2O. The van der Waals surface area contributed by atoms with E-state index in [9.17, 15) is 13.6 Å². The summed E-state index contributed by atoms with van der Waals surface area (Å²) in [4.78, 5) is 12.0. The van der Waals surface area contributed by atoms with Crippen molar-refractivity contribution in [2.24, 2.45) is 7.05 Å². The number of carbonyl (C=O) groups is 1. The molecule has 1 aromatic carbocycles. The Kier molecular flexibility index (Phi) is 3.71. The first-order valence-electron chi connectivity index (χ1n) is 5.47. The number of carbonyl (C=O) groups excluding carboxylic acids is 1. The van der Waals surface area contributed by atoms with Gasteiger partial charge in [0.2, 0.25) is 0 Å². The predicted molar refractivity (Wildman–Crippen MR) is 72.2 cm³/mol. The van der Waals surface area contributed by atoms with E-state index in [0.717, 1.165) is 16.6 Å². The molecule has 0 saturated carbocycles. The molecule has 2 rings (SSSR count). The van der Waals surface area contributed by atoms with E-state index >= 15 is 0 Å². The van der Waals surface area contributed by atoms with Crippen LogP contribution in [0.15, 0.2) is 28.9 Å². The number of aromatic nitrogens is 1. The molecule has 19 heavy (non-hydrogen) atoms. The number of halogens is 3. The minimum Gasteiger partial charge on any atom is -0.345 e. The van der Waals surface area contributed by atoms with Crippen LogP contribution in [0.2, 0.25) is 0 Å². The average molecular weight is 329 g/mol. The number of aryl methyl sites for hydroxylation is 2. The van der Waals surface area contributed by atoms with Crippen LogP contribution in [0.25, 0.3) is 0 Å². The highest BCUT2D eigenvalue weighted by atomic mass is 79.9. The molecule has 1 aromatic heterocycles. The smallest absolute Gasteiger partial charge is 0.272 e. The Morgan fingerprint density at radius 3 is 2.53 bits per heavy atom. The van der Waals surface area contributed by atoms with Gasteiger partial charge in [-0.3, -0.25) is 4.79 Å². The molecule has 6 heteroatoms. The molecule has 0 aliphatic rings. The standard InChI is InChI=1S/C13H11BrF2N2O/c1-7-3-10(16)11(5-9(7)15)17-13(19)12-4-8(14)6-18(12)2/h3-6H,1-2H3,(H,17,19). The maximum atomic E-state index is 13.6. The number of rotatable bonds is 2. The Labute approximate surface area is 117 Å². The van der Waals surface area contributed by atoms with E-state index < -0.39 is 17.5 Å². The first-order chi connectivity index (χ1) is 8.88. The summed E-state index contributed by atoms with van der Waals surface area (Å²) >= 11 is 3.24. The van der Waals surface area contributed by atoms with Gasteiger partial charge in [-0.25, -0.2) is 8.78 Å². The van der Waals surface area contributed by atoms with Crippen molar-refractivity contribution in [2.75, 3.05) is 5.32 Å². The Morgan fingerprint density at radius 2 is 1.95 bits per heavy atom. The van der Waals surface area contributed by atoms with Gasteiger partial charge < -0.3 is 9.88 Å². The number of nitrogens with one attached hydrogen (secondary N) is 1. The van der Waals surface area contributed by atoms with Crippen LogP contribution in [0.4, 0.5) is 14.5 Å². The number of hydrogen-bond donors (Lipinski definition) is 1. The molecular weight excluding hydrogens is 318 g/mol. The summed E-state index contributed by atoms with van der Waals surface area (Å²) in [6.45, 7) is 1.46. The number of nitrogens with zero attached hydrogens (tertiary/aromatic N) is 1. The van der Waals surface area contributed by atoms with Crippen molar-refractivity contribution in [3.05, 3.63) is 51.8 Å². The molecule has 0 saturated heterocycles. The van der Waals surface area contributed by atoms with Crippen LogP contribution >= 0.6 is 15.9 Å². The Bertz CT molecular complexity index is 652. The van der Waals surface area contributed by atoms with E-state index in [-0.39, 0.29) is 11.3 Å². The molecule has 100 valence electrons. The molecule has 0 aliphatic heterocycles. The topological polar surface area (TPSA) is 34.0 Å². The van der Waals surface area contributed by atoms with E-state index in [1.165, 1.54) is 6.92 Å². The van der Waals surface area contributed by atoms with Gasteiger partial charge in [0, 0.05) is 23.8 Å². The molecule has 0 bridgehead atoms. The first kappa shape index (κ1) is 13.7. The van der Waals surface area contributed by atoms with Crippen LogP contribution in [0.3, 0.4) is 0 Å². The van der Waals surface area contributed by atoms with E-state index in [1.807, 2.05) is 0 Å². The van der Waals surface area contributed by atoms with Crippen LogP contribution in [0.5, 0.6) is 0 Å². The van der Waals surface area contributed by atoms with Crippen molar-refractivity contribution in [3.8, 4) is 0 Å². The Balaban J connectivity index is 2.29. The van der Waals surface area contributed by atoms with Gasteiger partial charge in [0.15, 0.2) is 0 Å². The van der Waals surface area contributed by atoms with Crippen molar-refractivity contribution in [3.63, 3.8) is 0 Å². The highest BCUT2D eigenvalue weighted by Crippen LogP contribution is 2.20. The third-order valence-electron chi connectivity index (χ3n) is 2.70. The molecule has 3 nitrogen and oxygen atoms in total. The summed E-state index contributed by atoms with van der Waals surface area (Å²) in [6, 6.07) is 3.62. The first-order valence-corrected chi connectivity index (χ1v) is 6.26. The minimum atomic E-state index is -0.666. The van der Waals surface area contributed by atoms with Gasteiger partial charge >= 0.3 is 0 Å². The quantitative estimate of drug-likeness (QED) is 0.897. The predicted octanol–water partition coefficient (Wildman–Crippen LogP) is 3.63. The minimum absolute atomic E-state index is 0.176. The summed E-state index contributed by atoms with van der Waals surface area (Å²) in [5, 5.41) is 2.35. The summed E-state index contributed by atoms with van der Waals surface area (Å²) in [6.07, 6.45) is 1.70. The van der Waals surface area contributed by atoms with Gasteiger partial charge in [-0.15, -0.1) is 0 Å². The van der Waals surface area contributed by atoms with Crippen molar-refractivity contribution in [2.45, 2.75) is 6.92 Å². The van der Waals surface area contributed by atoms with Crippen molar-refractivity contribution < 1.29 is 13.6 Å². The molecule has 0 spiro atoms. The lowest BCUT2D eigenvalue weighted by atomic mass is 10.2. The van der Waals surface area contributed by atoms with Gasteiger partial charge in [-0.2, -0.15) is 0 Å². The van der Waals surface area contributed by atoms with Gasteiger partial charge in [0.05, 0.1) is 5.69 Å². The highest BCUT2D eigenvalue weighted by molar-refractivity contribution is 9.10. The third kappa shape index (κ3) is 2.84. The van der Waals surface area contributed by atoms with Crippen molar-refractivity contribution >= 4 is 27.5 Å². The largest absolute Gasteiger partial charge is 0.345 e. The average Bonchev–Trinajstić information content (AvgIpc) is 2.65. The number of anilines is 1. The summed E-state index contributed by atoms with van der Waals surface area (Å²) in [5.41, 5.74) is 0.356. The zero-order valence-corrected chi connectivity index (χ0v) is 11.9. The zero-order valence-electron chi connectivity index (χ0n) is 10.3. The SMILES string of the molecule is Cc1cc(F)c(NC(=O)c2cc(Br)cn2C)cc1F. The molecule has 0 aliphatic carbocycles. The lowest BCUT2D eigenvalue weighted by molar-refractivity contribution is 0.101. The zero-order chi connectivity index (χ0) is 14.2. The maximum Gasteiger partial charge on any atom is 0.272 e. The van der Waals surface area contributed by atoms with E-state index in [1.54, 1.807) is 23.9 Å². The third-order valence-corrected chi connectivity index (χ3v) is 3.13. The second-order valence-corrected chi connectivity index (χ2v) is 5.11. The molecule has 0 radical (unpaired) electrons. The lowest BCUT2D eigenvalue weighted by Gasteiger charge is -2.08. The van der Waals surface area contributed by atoms with Gasteiger partial charge in [0.25, 0.3) is 5.91 Å². The summed E-state index contributed by atoms with van der Waals surface area (Å²) in [7, 11) is 1.69. The molecule has 1 heterocycles. The van der Waals surface area contributed by atoms with E-state index in [4.69, 9.17) is 0 Å². The summed E-state index contributed by atoms with van der Waals surface area (Å²) < 4.78 is 29.3. The van der Waals surface area contributed by atoms with Crippen LogP contribution < -0.4 is 5.32 Å². The maximum absolute atomic E-state index is 13.6. The Morgan fingerprint density at radius 1 is 1.26 bits per heavy atom. The normalized spacial score (nSPS) is 10.6. The monoisotopic (exact) mass is 328 g/mol. The van der Waals surface area contributed by atoms with E-state index in [2.05, 4.69) is 21.2 Å².